The van der Waals surface area contributed by atoms with Gasteiger partial charge in [0.05, 0.1) is 34.0 Å². The molecule has 5 rings (SSSR count). The lowest BCUT2D eigenvalue weighted by Gasteiger charge is -2.07. The molecule has 0 unspecified atom stereocenters. The molecule has 0 radical (unpaired) electrons. The van der Waals surface area contributed by atoms with Crippen LogP contribution < -0.4 is 10.6 Å². The number of carbonyl (C=O) groups is 6. The molecule has 0 aliphatic heterocycles. The number of pyridine rings is 3. The van der Waals surface area contributed by atoms with Gasteiger partial charge in [-0.3, -0.25) is 38.7 Å². The number of hydrogen-bond donors (Lipinski definition) is 2. The number of aromatic nitrogens is 5. The van der Waals surface area contributed by atoms with E-state index in [1.807, 2.05) is 0 Å². The molecule has 0 aromatic carbocycles. The van der Waals surface area contributed by atoms with E-state index in [1.54, 1.807) is 62.9 Å². The van der Waals surface area contributed by atoms with Gasteiger partial charge >= 0.3 is 0 Å². The van der Waals surface area contributed by atoms with Crippen LogP contribution in [0.3, 0.4) is 0 Å². The van der Waals surface area contributed by atoms with Crippen molar-refractivity contribution < 1.29 is 28.8 Å². The van der Waals surface area contributed by atoms with Gasteiger partial charge in [-0.15, -0.1) is 22.7 Å². The largest absolute Gasteiger partial charge is 0.304 e. The summed E-state index contributed by atoms with van der Waals surface area (Å²) in [5.74, 6) is -5.53. The average Bonchev–Trinajstić information content (AvgIpc) is 3.64. The Balaban J connectivity index is 1.15. The van der Waals surface area contributed by atoms with Crippen LogP contribution in [0.5, 0.6) is 0 Å². The number of thiazole rings is 2. The minimum Gasteiger partial charge on any atom is -0.304 e. The summed E-state index contributed by atoms with van der Waals surface area (Å²) in [4.78, 5) is 97.2. The Labute approximate surface area is 269 Å². The highest BCUT2D eigenvalue weighted by Crippen LogP contribution is 2.29. The summed E-state index contributed by atoms with van der Waals surface area (Å²) < 4.78 is 0. The third-order valence-electron chi connectivity index (χ3n) is 6.30. The molecule has 15 heteroatoms. The van der Waals surface area contributed by atoms with E-state index in [9.17, 15) is 28.8 Å². The molecule has 0 saturated heterocycles. The van der Waals surface area contributed by atoms with Gasteiger partial charge in [0.2, 0.25) is 11.6 Å². The van der Waals surface area contributed by atoms with E-state index in [-0.39, 0.29) is 21.4 Å². The van der Waals surface area contributed by atoms with Gasteiger partial charge in [0, 0.05) is 35.9 Å². The fraction of sp³-hybridized carbons (Fsp3) is 0.129. The molecule has 0 aliphatic rings. The van der Waals surface area contributed by atoms with Crippen LogP contribution in [-0.2, 0) is 19.2 Å². The van der Waals surface area contributed by atoms with E-state index in [4.69, 9.17) is 0 Å². The van der Waals surface area contributed by atoms with Crippen molar-refractivity contribution in [3.05, 3.63) is 88.4 Å². The van der Waals surface area contributed by atoms with E-state index in [1.165, 1.54) is 18.2 Å². The third kappa shape index (κ3) is 7.51. The molecule has 0 aliphatic carbocycles. The third-order valence-corrected chi connectivity index (χ3v) is 8.79. The number of amides is 2. The van der Waals surface area contributed by atoms with Crippen LogP contribution in [0, 0.1) is 13.8 Å². The molecule has 46 heavy (non-hydrogen) atoms. The Bertz CT molecular complexity index is 1850. The van der Waals surface area contributed by atoms with Gasteiger partial charge in [0.15, 0.2) is 11.6 Å². The number of anilines is 2. The SMILES string of the molecule is Cc1nc(-c2cccnc2)sc1C(=O)CC(=O)C(=O)Nc1cccc(NC(=O)C(=O)CC(=O)c2sc(-c3cccnc3)nc2C)n1. The van der Waals surface area contributed by atoms with E-state index in [2.05, 4.69) is 35.6 Å². The summed E-state index contributed by atoms with van der Waals surface area (Å²) in [7, 11) is 0. The topological polar surface area (TPSA) is 191 Å². The van der Waals surface area contributed by atoms with Crippen LogP contribution in [0.1, 0.15) is 43.6 Å². The van der Waals surface area contributed by atoms with Crippen LogP contribution in [0.25, 0.3) is 21.1 Å². The first-order valence-corrected chi connectivity index (χ1v) is 15.2. The lowest BCUT2D eigenvalue weighted by Crippen LogP contribution is -2.27. The van der Waals surface area contributed by atoms with Gasteiger partial charge < -0.3 is 10.6 Å². The first kappa shape index (κ1) is 31.7. The second kappa shape index (κ2) is 14.0. The summed E-state index contributed by atoms with van der Waals surface area (Å²) in [6, 6.07) is 11.2. The lowest BCUT2D eigenvalue weighted by molar-refractivity contribution is -0.134. The fourth-order valence-corrected chi connectivity index (χ4v) is 6.08. The van der Waals surface area contributed by atoms with Gasteiger partial charge in [0.1, 0.15) is 21.7 Å². The summed E-state index contributed by atoms with van der Waals surface area (Å²) >= 11 is 2.20. The first-order valence-electron chi connectivity index (χ1n) is 13.6. The average molecular weight is 654 g/mol. The molecule has 2 N–H and O–H groups in total. The molecule has 5 aromatic rings. The molecule has 0 atom stereocenters. The van der Waals surface area contributed by atoms with Gasteiger partial charge in [-0.2, -0.15) is 0 Å². The summed E-state index contributed by atoms with van der Waals surface area (Å²) in [6.45, 7) is 3.28. The van der Waals surface area contributed by atoms with Gasteiger partial charge in [0.25, 0.3) is 11.8 Å². The highest BCUT2D eigenvalue weighted by atomic mass is 32.1. The summed E-state index contributed by atoms with van der Waals surface area (Å²) in [5, 5.41) is 5.70. The van der Waals surface area contributed by atoms with Crippen LogP contribution in [0.15, 0.2) is 67.3 Å². The van der Waals surface area contributed by atoms with Crippen LogP contribution in [0.4, 0.5) is 11.6 Å². The first-order chi connectivity index (χ1) is 22.1. The molecule has 0 fully saturated rings. The Morgan fingerprint density at radius 3 is 1.43 bits per heavy atom. The van der Waals surface area contributed by atoms with Crippen LogP contribution in [0.2, 0.25) is 0 Å². The molecule has 5 heterocycles. The normalized spacial score (nSPS) is 10.7. The quantitative estimate of drug-likeness (QED) is 0.111. The number of nitrogens with zero attached hydrogens (tertiary/aromatic N) is 5. The number of aryl methyl sites for hydroxylation is 2. The molecule has 13 nitrogen and oxygen atoms in total. The van der Waals surface area contributed by atoms with Crippen molar-refractivity contribution in [2.24, 2.45) is 0 Å². The molecule has 0 spiro atoms. The molecule has 0 saturated carbocycles. The van der Waals surface area contributed by atoms with Crippen molar-refractivity contribution in [2.45, 2.75) is 26.7 Å². The van der Waals surface area contributed by atoms with Crippen molar-refractivity contribution in [1.82, 2.24) is 24.9 Å². The van der Waals surface area contributed by atoms with E-state index < -0.39 is 47.8 Å². The number of nitrogens with one attached hydrogen (secondary N) is 2. The zero-order valence-corrected chi connectivity index (χ0v) is 25.9. The zero-order valence-electron chi connectivity index (χ0n) is 24.3. The standard InChI is InChI=1S/C31H23N7O6S2/c1-16-26(45-30(34-16)18-6-4-10-32-14-18)20(39)12-22(41)28(43)37-24-8-3-9-25(36-24)38-29(44)23(42)13-21(40)27-17(2)35-31(46-27)19-7-5-11-33-15-19/h3-11,14-15H,12-13H2,1-2H3,(H2,36,37,38,43,44). The zero-order chi connectivity index (χ0) is 32.8. The smallest absolute Gasteiger partial charge is 0.293 e. The van der Waals surface area contributed by atoms with Crippen molar-refractivity contribution in [1.29, 1.82) is 0 Å². The maximum Gasteiger partial charge on any atom is 0.293 e. The number of Topliss-reactive ketones (excluding diaryl/α,β-unsaturated/α-hetero) is 4. The minimum absolute atomic E-state index is 0.108. The highest BCUT2D eigenvalue weighted by Gasteiger charge is 2.25. The monoisotopic (exact) mass is 653 g/mol. The molecule has 0 bridgehead atoms. The van der Waals surface area contributed by atoms with Crippen molar-refractivity contribution >= 4 is 69.3 Å². The Hall–Kier alpha value is -5.67. The van der Waals surface area contributed by atoms with E-state index >= 15 is 0 Å². The molecule has 5 aromatic heterocycles. The number of hydrogen-bond acceptors (Lipinski definition) is 13. The van der Waals surface area contributed by atoms with E-state index in [0.717, 1.165) is 33.8 Å². The van der Waals surface area contributed by atoms with Gasteiger partial charge in [-0.05, 0) is 50.2 Å². The fourth-order valence-electron chi connectivity index (χ4n) is 4.09. The van der Waals surface area contributed by atoms with Crippen molar-refractivity contribution in [3.63, 3.8) is 0 Å². The second-order valence-electron chi connectivity index (χ2n) is 9.71. The van der Waals surface area contributed by atoms with E-state index in [0.29, 0.717) is 21.4 Å². The molecule has 2 amide bonds. The number of carbonyl (C=O) groups excluding carboxylic acids is 6. The number of rotatable bonds is 12. The maximum absolute atomic E-state index is 12.8. The van der Waals surface area contributed by atoms with Crippen molar-refractivity contribution in [3.8, 4) is 21.1 Å². The second-order valence-corrected chi connectivity index (χ2v) is 11.7. The summed E-state index contributed by atoms with van der Waals surface area (Å²) in [6.07, 6.45) is 5.05. The lowest BCUT2D eigenvalue weighted by atomic mass is 10.1. The minimum atomic E-state index is -1.09. The molecular weight excluding hydrogens is 631 g/mol. The highest BCUT2D eigenvalue weighted by molar-refractivity contribution is 7.17. The number of ketones is 4. The maximum atomic E-state index is 12.8. The predicted molar refractivity (Wildman–Crippen MR) is 170 cm³/mol. The van der Waals surface area contributed by atoms with Crippen molar-refractivity contribution in [2.75, 3.05) is 10.6 Å². The van der Waals surface area contributed by atoms with Crippen LogP contribution in [-0.4, -0.2) is 59.9 Å². The van der Waals surface area contributed by atoms with Gasteiger partial charge in [-0.1, -0.05) is 6.07 Å². The summed E-state index contributed by atoms with van der Waals surface area (Å²) in [5.41, 5.74) is 2.30. The Morgan fingerprint density at radius 1 is 0.609 bits per heavy atom. The predicted octanol–water partition coefficient (Wildman–Crippen LogP) is 4.30. The van der Waals surface area contributed by atoms with Crippen LogP contribution >= 0.6 is 22.7 Å². The molecular formula is C31H23N7O6S2. The van der Waals surface area contributed by atoms with Gasteiger partial charge in [-0.25, -0.2) is 15.0 Å². The Morgan fingerprint density at radius 2 is 1.04 bits per heavy atom. The molecule has 230 valence electrons. The Kier molecular flexibility index (Phi) is 9.64.